The van der Waals surface area contributed by atoms with E-state index in [0.29, 0.717) is 10.9 Å². The molecule has 1 saturated heterocycles. The summed E-state index contributed by atoms with van der Waals surface area (Å²) < 4.78 is 1.80. The molecular weight excluding hydrogens is 414 g/mol. The largest absolute Gasteiger partial charge is 0.347 e. The molecule has 4 rings (SSSR count). The van der Waals surface area contributed by atoms with E-state index in [0.717, 1.165) is 50.7 Å². The number of aromatic nitrogens is 1. The predicted molar refractivity (Wildman–Crippen MR) is 129 cm³/mol. The molecule has 0 saturated carbocycles. The zero-order valence-corrected chi connectivity index (χ0v) is 19.1. The second-order valence-corrected chi connectivity index (χ2v) is 8.86. The van der Waals surface area contributed by atoms with E-state index in [2.05, 4.69) is 17.4 Å². The maximum Gasteiger partial charge on any atom is 0.292 e. The molecule has 1 atom stereocenters. The highest BCUT2D eigenvalue weighted by Gasteiger charge is 2.24. The number of likely N-dealkylation sites (tertiary alicyclic amines) is 1. The highest BCUT2D eigenvalue weighted by molar-refractivity contribution is 6.45. The summed E-state index contributed by atoms with van der Waals surface area (Å²) in [5.74, 6) is -1.13. The van der Waals surface area contributed by atoms with E-state index in [9.17, 15) is 14.4 Å². The number of rotatable bonds is 8. The van der Waals surface area contributed by atoms with Gasteiger partial charge in [0, 0.05) is 36.2 Å². The van der Waals surface area contributed by atoms with Crippen molar-refractivity contribution in [2.24, 2.45) is 0 Å². The standard InChI is InChI=1S/C27H31N3O3/c1-20(14-15-21-10-4-2-5-11-21)28-27(33)26(32)23-18-30(24-13-7-6-12-22(23)24)19-25(31)29-16-8-3-9-17-29/h2,4-7,10-13,18,20H,3,8-9,14-17,19H2,1H3,(H,28,33). The van der Waals surface area contributed by atoms with Crippen LogP contribution in [0.3, 0.4) is 0 Å². The molecular formula is C27H31N3O3. The lowest BCUT2D eigenvalue weighted by molar-refractivity contribution is -0.132. The number of nitrogens with zero attached hydrogens (tertiary/aromatic N) is 2. The van der Waals surface area contributed by atoms with Gasteiger partial charge in [-0.3, -0.25) is 14.4 Å². The molecule has 0 bridgehead atoms. The summed E-state index contributed by atoms with van der Waals surface area (Å²) in [7, 11) is 0. The van der Waals surface area contributed by atoms with Crippen LogP contribution in [0.5, 0.6) is 0 Å². The number of Topliss-reactive ketones (excluding diaryl/α,β-unsaturated/α-hetero) is 1. The molecule has 1 unspecified atom stereocenters. The number of fused-ring (bicyclic) bond motifs is 1. The molecule has 33 heavy (non-hydrogen) atoms. The Morgan fingerprint density at radius 2 is 1.64 bits per heavy atom. The summed E-state index contributed by atoms with van der Waals surface area (Å²) in [6, 6.07) is 17.4. The van der Waals surface area contributed by atoms with Gasteiger partial charge < -0.3 is 14.8 Å². The van der Waals surface area contributed by atoms with Gasteiger partial charge in [-0.05, 0) is 50.7 Å². The molecule has 2 amide bonds. The third kappa shape index (κ3) is 5.51. The number of para-hydroxylation sites is 1. The third-order valence-corrected chi connectivity index (χ3v) is 6.34. The van der Waals surface area contributed by atoms with Crippen LogP contribution in [-0.4, -0.2) is 46.2 Å². The molecule has 0 spiro atoms. The number of benzene rings is 2. The second-order valence-electron chi connectivity index (χ2n) is 8.86. The first kappa shape index (κ1) is 22.8. The number of hydrogen-bond acceptors (Lipinski definition) is 3. The van der Waals surface area contributed by atoms with Crippen molar-refractivity contribution in [2.45, 2.75) is 51.6 Å². The average molecular weight is 446 g/mol. The lowest BCUT2D eigenvalue weighted by Gasteiger charge is -2.27. The Balaban J connectivity index is 1.45. The van der Waals surface area contributed by atoms with Crippen LogP contribution in [0.4, 0.5) is 0 Å². The van der Waals surface area contributed by atoms with Crippen LogP contribution in [0.15, 0.2) is 60.8 Å². The molecule has 1 aliphatic rings. The average Bonchev–Trinajstić information content (AvgIpc) is 3.21. The van der Waals surface area contributed by atoms with E-state index in [1.165, 1.54) is 5.56 Å². The van der Waals surface area contributed by atoms with Crippen molar-refractivity contribution in [3.05, 3.63) is 71.9 Å². The minimum absolute atomic E-state index is 0.0495. The van der Waals surface area contributed by atoms with Gasteiger partial charge in [-0.25, -0.2) is 0 Å². The van der Waals surface area contributed by atoms with Crippen LogP contribution in [0.25, 0.3) is 10.9 Å². The number of carbonyl (C=O) groups is 3. The van der Waals surface area contributed by atoms with E-state index in [-0.39, 0.29) is 18.5 Å². The van der Waals surface area contributed by atoms with Crippen LogP contribution in [-0.2, 0) is 22.6 Å². The summed E-state index contributed by atoms with van der Waals surface area (Å²) in [5, 5.41) is 3.54. The number of piperidine rings is 1. The van der Waals surface area contributed by atoms with Gasteiger partial charge in [-0.1, -0.05) is 48.5 Å². The first-order valence-corrected chi connectivity index (χ1v) is 11.8. The Morgan fingerprint density at radius 3 is 2.39 bits per heavy atom. The van der Waals surface area contributed by atoms with E-state index in [1.54, 1.807) is 10.8 Å². The number of hydrogen-bond donors (Lipinski definition) is 1. The van der Waals surface area contributed by atoms with Crippen molar-refractivity contribution in [1.29, 1.82) is 0 Å². The SMILES string of the molecule is CC(CCc1ccccc1)NC(=O)C(=O)c1cn(CC(=O)N2CCCCC2)c2ccccc12. The van der Waals surface area contributed by atoms with Gasteiger partial charge in [-0.15, -0.1) is 0 Å². The Morgan fingerprint density at radius 1 is 0.939 bits per heavy atom. The van der Waals surface area contributed by atoms with Crippen LogP contribution in [0.2, 0.25) is 0 Å². The third-order valence-electron chi connectivity index (χ3n) is 6.34. The zero-order chi connectivity index (χ0) is 23.2. The number of aryl methyl sites for hydroxylation is 1. The Labute approximate surface area is 194 Å². The topological polar surface area (TPSA) is 71.4 Å². The summed E-state index contributed by atoms with van der Waals surface area (Å²) in [4.78, 5) is 40.5. The fourth-order valence-corrected chi connectivity index (χ4v) is 4.46. The van der Waals surface area contributed by atoms with Gasteiger partial charge in [0.15, 0.2) is 0 Å². The lowest BCUT2D eigenvalue weighted by atomic mass is 10.1. The minimum atomic E-state index is -0.610. The molecule has 1 aromatic heterocycles. The van der Waals surface area contributed by atoms with Gasteiger partial charge in [0.1, 0.15) is 6.54 Å². The van der Waals surface area contributed by atoms with Crippen molar-refractivity contribution in [3.8, 4) is 0 Å². The maximum absolute atomic E-state index is 13.0. The Kier molecular flexibility index (Phi) is 7.23. The van der Waals surface area contributed by atoms with Gasteiger partial charge in [-0.2, -0.15) is 0 Å². The normalized spacial score (nSPS) is 14.8. The molecule has 6 nitrogen and oxygen atoms in total. The van der Waals surface area contributed by atoms with E-state index >= 15 is 0 Å². The fourth-order valence-electron chi connectivity index (χ4n) is 4.46. The van der Waals surface area contributed by atoms with Gasteiger partial charge in [0.2, 0.25) is 5.91 Å². The van der Waals surface area contributed by atoms with Gasteiger partial charge in [0.05, 0.1) is 5.56 Å². The Bertz CT molecular complexity index is 1130. The molecule has 1 aliphatic heterocycles. The van der Waals surface area contributed by atoms with Crippen molar-refractivity contribution in [2.75, 3.05) is 13.1 Å². The quantitative estimate of drug-likeness (QED) is 0.421. The van der Waals surface area contributed by atoms with E-state index < -0.39 is 11.7 Å². The number of carbonyl (C=O) groups excluding carboxylic acids is 3. The van der Waals surface area contributed by atoms with E-state index in [4.69, 9.17) is 0 Å². The molecule has 1 N–H and O–H groups in total. The predicted octanol–water partition coefficient (Wildman–Crippen LogP) is 3.97. The highest BCUT2D eigenvalue weighted by atomic mass is 16.2. The first-order valence-electron chi connectivity index (χ1n) is 11.8. The molecule has 0 aliphatic carbocycles. The van der Waals surface area contributed by atoms with Crippen LogP contribution in [0, 0.1) is 0 Å². The summed E-state index contributed by atoms with van der Waals surface area (Å²) in [6.45, 7) is 3.65. The Hall–Kier alpha value is -3.41. The van der Waals surface area contributed by atoms with Crippen LogP contribution in [0.1, 0.15) is 48.5 Å². The van der Waals surface area contributed by atoms with Crippen molar-refractivity contribution >= 4 is 28.5 Å². The highest BCUT2D eigenvalue weighted by Crippen LogP contribution is 2.23. The molecule has 0 radical (unpaired) electrons. The van der Waals surface area contributed by atoms with Crippen molar-refractivity contribution in [3.63, 3.8) is 0 Å². The second kappa shape index (κ2) is 10.5. The number of ketones is 1. The van der Waals surface area contributed by atoms with Gasteiger partial charge >= 0.3 is 0 Å². The number of nitrogens with one attached hydrogen (secondary N) is 1. The summed E-state index contributed by atoms with van der Waals surface area (Å²) in [5.41, 5.74) is 2.33. The molecule has 2 heterocycles. The molecule has 1 fully saturated rings. The molecule has 6 heteroatoms. The lowest BCUT2D eigenvalue weighted by Crippen LogP contribution is -2.38. The van der Waals surface area contributed by atoms with Crippen LogP contribution < -0.4 is 5.32 Å². The minimum Gasteiger partial charge on any atom is -0.347 e. The molecule has 2 aromatic carbocycles. The molecule has 172 valence electrons. The van der Waals surface area contributed by atoms with Crippen LogP contribution >= 0.6 is 0 Å². The van der Waals surface area contributed by atoms with Crippen molar-refractivity contribution in [1.82, 2.24) is 14.8 Å². The van der Waals surface area contributed by atoms with E-state index in [1.807, 2.05) is 54.3 Å². The first-order chi connectivity index (χ1) is 16.0. The monoisotopic (exact) mass is 445 g/mol. The molecule has 3 aromatic rings. The summed E-state index contributed by atoms with van der Waals surface area (Å²) >= 11 is 0. The smallest absolute Gasteiger partial charge is 0.292 e. The maximum atomic E-state index is 13.0. The number of amides is 2. The summed E-state index contributed by atoms with van der Waals surface area (Å²) in [6.07, 6.45) is 6.45. The zero-order valence-electron chi connectivity index (χ0n) is 19.1. The van der Waals surface area contributed by atoms with Gasteiger partial charge in [0.25, 0.3) is 11.7 Å². The van der Waals surface area contributed by atoms with Crippen molar-refractivity contribution < 1.29 is 14.4 Å². The fraction of sp³-hybridized carbons (Fsp3) is 0.370.